The SMILES string of the molecule is CCc1ccncc1-c1cc2ccc(O)cc2o1. The Morgan fingerprint density at radius 3 is 2.94 bits per heavy atom. The lowest BCUT2D eigenvalue weighted by Crippen LogP contribution is -1.86. The molecule has 0 fully saturated rings. The average molecular weight is 239 g/mol. The van der Waals surface area contributed by atoms with E-state index in [-0.39, 0.29) is 5.75 Å². The maximum atomic E-state index is 9.44. The number of aromatic nitrogens is 1. The van der Waals surface area contributed by atoms with Crippen LogP contribution in [0.3, 0.4) is 0 Å². The Morgan fingerprint density at radius 2 is 2.11 bits per heavy atom. The summed E-state index contributed by atoms with van der Waals surface area (Å²) < 4.78 is 5.78. The van der Waals surface area contributed by atoms with E-state index in [0.717, 1.165) is 23.1 Å². The zero-order chi connectivity index (χ0) is 12.5. The van der Waals surface area contributed by atoms with Crippen molar-refractivity contribution in [2.24, 2.45) is 0 Å². The highest BCUT2D eigenvalue weighted by atomic mass is 16.3. The Morgan fingerprint density at radius 1 is 1.22 bits per heavy atom. The van der Waals surface area contributed by atoms with E-state index in [0.29, 0.717) is 5.58 Å². The third-order valence-corrected chi connectivity index (χ3v) is 3.06. The van der Waals surface area contributed by atoms with Crippen molar-refractivity contribution in [2.75, 3.05) is 0 Å². The molecule has 3 rings (SSSR count). The van der Waals surface area contributed by atoms with E-state index in [1.807, 2.05) is 24.4 Å². The molecule has 0 saturated heterocycles. The first-order chi connectivity index (χ1) is 8.78. The summed E-state index contributed by atoms with van der Waals surface area (Å²) in [6.45, 7) is 2.10. The minimum Gasteiger partial charge on any atom is -0.508 e. The van der Waals surface area contributed by atoms with Gasteiger partial charge in [-0.15, -0.1) is 0 Å². The third-order valence-electron chi connectivity index (χ3n) is 3.06. The fraction of sp³-hybridized carbons (Fsp3) is 0.133. The molecular formula is C15H13NO2. The molecule has 0 spiro atoms. The van der Waals surface area contributed by atoms with Gasteiger partial charge in [-0.1, -0.05) is 6.92 Å². The van der Waals surface area contributed by atoms with Gasteiger partial charge in [-0.3, -0.25) is 4.98 Å². The fourth-order valence-electron chi connectivity index (χ4n) is 2.11. The Hall–Kier alpha value is -2.29. The molecular weight excluding hydrogens is 226 g/mol. The normalized spacial score (nSPS) is 10.9. The first-order valence-electron chi connectivity index (χ1n) is 5.93. The molecule has 90 valence electrons. The molecule has 0 aliphatic heterocycles. The Balaban J connectivity index is 2.19. The molecule has 2 aromatic heterocycles. The molecule has 18 heavy (non-hydrogen) atoms. The largest absolute Gasteiger partial charge is 0.508 e. The van der Waals surface area contributed by atoms with Crippen LogP contribution in [-0.2, 0) is 6.42 Å². The van der Waals surface area contributed by atoms with Gasteiger partial charge < -0.3 is 9.52 Å². The summed E-state index contributed by atoms with van der Waals surface area (Å²) in [6.07, 6.45) is 4.54. The molecule has 1 N–H and O–H groups in total. The van der Waals surface area contributed by atoms with Gasteiger partial charge in [0.2, 0.25) is 0 Å². The van der Waals surface area contributed by atoms with Crippen LogP contribution in [0.1, 0.15) is 12.5 Å². The molecule has 0 bridgehead atoms. The van der Waals surface area contributed by atoms with Crippen molar-refractivity contribution >= 4 is 11.0 Å². The van der Waals surface area contributed by atoms with E-state index in [1.54, 1.807) is 18.3 Å². The molecule has 3 heteroatoms. The molecule has 0 atom stereocenters. The van der Waals surface area contributed by atoms with Crippen LogP contribution in [0.25, 0.3) is 22.3 Å². The van der Waals surface area contributed by atoms with Crippen molar-refractivity contribution in [1.29, 1.82) is 0 Å². The Kier molecular flexibility index (Phi) is 2.52. The lowest BCUT2D eigenvalue weighted by atomic mass is 10.1. The van der Waals surface area contributed by atoms with E-state index in [4.69, 9.17) is 4.42 Å². The number of aryl methyl sites for hydroxylation is 1. The van der Waals surface area contributed by atoms with E-state index in [9.17, 15) is 5.11 Å². The molecule has 0 aliphatic carbocycles. The molecule has 3 aromatic rings. The second kappa shape index (κ2) is 4.18. The van der Waals surface area contributed by atoms with Gasteiger partial charge in [-0.05, 0) is 36.2 Å². The summed E-state index contributed by atoms with van der Waals surface area (Å²) >= 11 is 0. The maximum Gasteiger partial charge on any atom is 0.138 e. The summed E-state index contributed by atoms with van der Waals surface area (Å²) in [6, 6.07) is 9.11. The summed E-state index contributed by atoms with van der Waals surface area (Å²) in [7, 11) is 0. The summed E-state index contributed by atoms with van der Waals surface area (Å²) in [5.74, 6) is 1.01. The highest BCUT2D eigenvalue weighted by Gasteiger charge is 2.10. The van der Waals surface area contributed by atoms with Gasteiger partial charge in [0.25, 0.3) is 0 Å². The average Bonchev–Trinajstić information content (AvgIpc) is 2.81. The molecule has 0 amide bonds. The lowest BCUT2D eigenvalue weighted by Gasteiger charge is -2.02. The van der Waals surface area contributed by atoms with Gasteiger partial charge in [0.15, 0.2) is 0 Å². The molecule has 0 radical (unpaired) electrons. The van der Waals surface area contributed by atoms with Crippen molar-refractivity contribution in [3.8, 4) is 17.1 Å². The highest BCUT2D eigenvalue weighted by Crippen LogP contribution is 2.31. The standard InChI is InChI=1S/C15H13NO2/c1-2-10-5-6-16-9-13(10)15-7-11-3-4-12(17)8-14(11)18-15/h3-9,17H,2H2,1H3. The van der Waals surface area contributed by atoms with E-state index in [1.165, 1.54) is 5.56 Å². The first-order valence-corrected chi connectivity index (χ1v) is 5.93. The smallest absolute Gasteiger partial charge is 0.138 e. The zero-order valence-corrected chi connectivity index (χ0v) is 10.1. The van der Waals surface area contributed by atoms with Crippen LogP contribution in [0.2, 0.25) is 0 Å². The van der Waals surface area contributed by atoms with E-state index < -0.39 is 0 Å². The van der Waals surface area contributed by atoms with Gasteiger partial charge in [0.1, 0.15) is 17.1 Å². The van der Waals surface area contributed by atoms with Crippen molar-refractivity contribution in [3.05, 3.63) is 48.3 Å². The number of rotatable bonds is 2. The maximum absolute atomic E-state index is 9.44. The molecule has 0 unspecified atom stereocenters. The molecule has 0 aliphatic rings. The number of phenols is 1. The second-order valence-electron chi connectivity index (χ2n) is 4.22. The number of fused-ring (bicyclic) bond motifs is 1. The van der Waals surface area contributed by atoms with Crippen LogP contribution >= 0.6 is 0 Å². The number of phenolic OH excluding ortho intramolecular Hbond substituents is 1. The third kappa shape index (κ3) is 1.74. The van der Waals surface area contributed by atoms with Gasteiger partial charge in [0.05, 0.1) is 0 Å². The Labute approximate surface area is 105 Å². The van der Waals surface area contributed by atoms with Crippen molar-refractivity contribution < 1.29 is 9.52 Å². The van der Waals surface area contributed by atoms with Gasteiger partial charge in [0, 0.05) is 29.4 Å². The number of nitrogens with zero attached hydrogens (tertiary/aromatic N) is 1. The summed E-state index contributed by atoms with van der Waals surface area (Å²) in [4.78, 5) is 4.15. The predicted molar refractivity (Wildman–Crippen MR) is 70.5 cm³/mol. The number of hydrogen-bond donors (Lipinski definition) is 1. The van der Waals surface area contributed by atoms with Gasteiger partial charge >= 0.3 is 0 Å². The summed E-state index contributed by atoms with van der Waals surface area (Å²) in [5, 5.41) is 10.4. The molecule has 1 aromatic carbocycles. The van der Waals surface area contributed by atoms with Gasteiger partial charge in [-0.2, -0.15) is 0 Å². The van der Waals surface area contributed by atoms with Crippen molar-refractivity contribution in [1.82, 2.24) is 4.98 Å². The van der Waals surface area contributed by atoms with Crippen LogP contribution in [0, 0.1) is 0 Å². The zero-order valence-electron chi connectivity index (χ0n) is 10.1. The minimum absolute atomic E-state index is 0.213. The highest BCUT2D eigenvalue weighted by molar-refractivity contribution is 5.84. The van der Waals surface area contributed by atoms with Crippen LogP contribution in [0.5, 0.6) is 5.75 Å². The number of benzene rings is 1. The van der Waals surface area contributed by atoms with Crippen molar-refractivity contribution in [3.63, 3.8) is 0 Å². The van der Waals surface area contributed by atoms with Crippen LogP contribution < -0.4 is 0 Å². The van der Waals surface area contributed by atoms with E-state index in [2.05, 4.69) is 11.9 Å². The van der Waals surface area contributed by atoms with Crippen molar-refractivity contribution in [2.45, 2.75) is 13.3 Å². The quantitative estimate of drug-likeness (QED) is 0.740. The molecule has 2 heterocycles. The number of aromatic hydroxyl groups is 1. The van der Waals surface area contributed by atoms with Crippen LogP contribution in [0.15, 0.2) is 47.1 Å². The van der Waals surface area contributed by atoms with Crippen LogP contribution in [-0.4, -0.2) is 10.1 Å². The number of hydrogen-bond acceptors (Lipinski definition) is 3. The monoisotopic (exact) mass is 239 g/mol. The molecule has 0 saturated carbocycles. The second-order valence-corrected chi connectivity index (χ2v) is 4.22. The minimum atomic E-state index is 0.213. The van der Waals surface area contributed by atoms with E-state index >= 15 is 0 Å². The topological polar surface area (TPSA) is 46.3 Å². The first kappa shape index (κ1) is 10.8. The fourth-order valence-corrected chi connectivity index (χ4v) is 2.11. The molecule has 3 nitrogen and oxygen atoms in total. The van der Waals surface area contributed by atoms with Gasteiger partial charge in [-0.25, -0.2) is 0 Å². The summed E-state index contributed by atoms with van der Waals surface area (Å²) in [5.41, 5.74) is 2.90. The number of furan rings is 1. The predicted octanol–water partition coefficient (Wildman–Crippen LogP) is 3.76. The van der Waals surface area contributed by atoms with Crippen LogP contribution in [0.4, 0.5) is 0 Å². The Bertz CT molecular complexity index is 701. The number of pyridine rings is 1. The lowest BCUT2D eigenvalue weighted by molar-refractivity contribution is 0.474.